The number of piperidine rings is 1. The topological polar surface area (TPSA) is 27.3 Å². The van der Waals surface area contributed by atoms with Crippen molar-refractivity contribution in [3.8, 4) is 0 Å². The quantitative estimate of drug-likeness (QED) is 0.571. The maximum absolute atomic E-state index is 6.10. The Morgan fingerprint density at radius 2 is 2.04 bits per heavy atom. The molecule has 138 valence electrons. The summed E-state index contributed by atoms with van der Waals surface area (Å²) in [5.74, 6) is 0.778. The second-order valence-corrected chi connectivity index (χ2v) is 8.47. The number of nitrogens with zero attached hydrogens (tertiary/aromatic N) is 1. The predicted octanol–water partition coefficient (Wildman–Crippen LogP) is 5.83. The number of hydrogen-bond acceptors (Lipinski definition) is 2. The van der Waals surface area contributed by atoms with Gasteiger partial charge in [0.1, 0.15) is 0 Å². The number of nitrogens with one attached hydrogen (secondary N) is 2. The highest BCUT2D eigenvalue weighted by Gasteiger charge is 2.16. The maximum atomic E-state index is 6.10. The number of benzene rings is 2. The van der Waals surface area contributed by atoms with Crippen molar-refractivity contribution < 1.29 is 0 Å². The molecule has 1 atom stereocenters. The second kappa shape index (κ2) is 9.07. The first kappa shape index (κ1) is 19.5. The van der Waals surface area contributed by atoms with Gasteiger partial charge in [-0.15, -0.1) is 0 Å². The lowest BCUT2D eigenvalue weighted by atomic mass is 9.99. The number of rotatable bonds is 4. The molecule has 2 aromatic rings. The van der Waals surface area contributed by atoms with Gasteiger partial charge in [0.2, 0.25) is 0 Å². The molecule has 2 N–H and O–H groups in total. The zero-order valence-electron chi connectivity index (χ0n) is 14.8. The smallest absolute Gasteiger partial charge is 0.171 e. The van der Waals surface area contributed by atoms with Crippen molar-refractivity contribution in [2.45, 2.75) is 26.3 Å². The standard InChI is InChI=1S/C20H23BrClN3S/c1-14-3-2-10-25(13-14)17-7-4-15(5-8-17)12-23-20(26)24-16-6-9-18(21)19(22)11-16/h4-9,11,14H,2-3,10,12-13H2,1H3,(H2,23,24,26)/t14-/m0/s1. The van der Waals surface area contributed by atoms with Gasteiger partial charge in [-0.25, -0.2) is 0 Å². The lowest BCUT2D eigenvalue weighted by molar-refractivity contribution is 0.447. The Morgan fingerprint density at radius 3 is 2.73 bits per heavy atom. The molecule has 0 unspecified atom stereocenters. The van der Waals surface area contributed by atoms with Crippen LogP contribution in [0.25, 0.3) is 0 Å². The lowest BCUT2D eigenvalue weighted by Gasteiger charge is -2.32. The van der Waals surface area contributed by atoms with Crippen molar-refractivity contribution in [1.29, 1.82) is 0 Å². The average molecular weight is 453 g/mol. The minimum absolute atomic E-state index is 0.581. The molecule has 3 rings (SSSR count). The van der Waals surface area contributed by atoms with Crippen LogP contribution in [0.5, 0.6) is 0 Å². The first-order chi connectivity index (χ1) is 12.5. The highest BCUT2D eigenvalue weighted by atomic mass is 79.9. The predicted molar refractivity (Wildman–Crippen MR) is 119 cm³/mol. The monoisotopic (exact) mass is 451 g/mol. The van der Waals surface area contributed by atoms with Crippen LogP contribution in [-0.2, 0) is 6.54 Å². The van der Waals surface area contributed by atoms with Crippen LogP contribution in [0.4, 0.5) is 11.4 Å². The van der Waals surface area contributed by atoms with E-state index in [-0.39, 0.29) is 0 Å². The molecule has 0 bridgehead atoms. The van der Waals surface area contributed by atoms with Gasteiger partial charge in [-0.2, -0.15) is 0 Å². The molecule has 0 amide bonds. The summed E-state index contributed by atoms with van der Waals surface area (Å²) in [6.07, 6.45) is 2.62. The molecule has 1 heterocycles. The van der Waals surface area contributed by atoms with Gasteiger partial charge in [0.25, 0.3) is 0 Å². The lowest BCUT2D eigenvalue weighted by Crippen LogP contribution is -2.34. The normalized spacial score (nSPS) is 17.0. The van der Waals surface area contributed by atoms with Crippen LogP contribution < -0.4 is 15.5 Å². The molecule has 0 spiro atoms. The maximum Gasteiger partial charge on any atom is 0.171 e. The minimum Gasteiger partial charge on any atom is -0.371 e. The van der Waals surface area contributed by atoms with Crippen molar-refractivity contribution >= 4 is 56.2 Å². The Hall–Kier alpha value is -1.30. The van der Waals surface area contributed by atoms with E-state index in [9.17, 15) is 0 Å². The van der Waals surface area contributed by atoms with E-state index in [1.807, 2.05) is 18.2 Å². The van der Waals surface area contributed by atoms with Crippen molar-refractivity contribution in [3.05, 3.63) is 57.5 Å². The third-order valence-corrected chi connectivity index (χ3v) is 6.07. The molecule has 6 heteroatoms. The van der Waals surface area contributed by atoms with E-state index in [1.165, 1.54) is 24.1 Å². The molecule has 0 aromatic heterocycles. The fourth-order valence-electron chi connectivity index (χ4n) is 3.18. The van der Waals surface area contributed by atoms with E-state index in [0.29, 0.717) is 16.7 Å². The van der Waals surface area contributed by atoms with Crippen LogP contribution in [-0.4, -0.2) is 18.2 Å². The highest BCUT2D eigenvalue weighted by Crippen LogP contribution is 2.25. The number of thiocarbonyl (C=S) groups is 1. The number of hydrogen-bond donors (Lipinski definition) is 2. The van der Waals surface area contributed by atoms with Crippen LogP contribution in [0.1, 0.15) is 25.3 Å². The number of anilines is 2. The van der Waals surface area contributed by atoms with Gasteiger partial charge in [0, 0.05) is 35.5 Å². The Morgan fingerprint density at radius 1 is 1.27 bits per heavy atom. The second-order valence-electron chi connectivity index (χ2n) is 6.80. The molecule has 1 fully saturated rings. The van der Waals surface area contributed by atoms with Crippen molar-refractivity contribution in [2.24, 2.45) is 5.92 Å². The largest absolute Gasteiger partial charge is 0.371 e. The first-order valence-corrected chi connectivity index (χ1v) is 10.4. The summed E-state index contributed by atoms with van der Waals surface area (Å²) in [5.41, 5.74) is 3.38. The SMILES string of the molecule is C[C@H]1CCCN(c2ccc(CNC(=S)Nc3ccc(Br)c(Cl)c3)cc2)C1. The van der Waals surface area contributed by atoms with Gasteiger partial charge in [-0.1, -0.05) is 30.7 Å². The molecule has 0 aliphatic carbocycles. The zero-order chi connectivity index (χ0) is 18.5. The van der Waals surface area contributed by atoms with Gasteiger partial charge < -0.3 is 15.5 Å². The van der Waals surface area contributed by atoms with Crippen molar-refractivity contribution in [2.75, 3.05) is 23.3 Å². The summed E-state index contributed by atoms with van der Waals surface area (Å²) in [6, 6.07) is 14.4. The van der Waals surface area contributed by atoms with Crippen molar-refractivity contribution in [3.63, 3.8) is 0 Å². The van der Waals surface area contributed by atoms with E-state index in [0.717, 1.165) is 29.2 Å². The van der Waals surface area contributed by atoms with Gasteiger partial charge in [-0.05, 0) is 82.8 Å². The average Bonchev–Trinajstić information content (AvgIpc) is 2.63. The number of halogens is 2. The van der Waals surface area contributed by atoms with Gasteiger partial charge >= 0.3 is 0 Å². The molecule has 3 nitrogen and oxygen atoms in total. The molecule has 2 aromatic carbocycles. The Bertz CT molecular complexity index is 766. The molecule has 1 aliphatic rings. The van der Waals surface area contributed by atoms with E-state index < -0.39 is 0 Å². The summed E-state index contributed by atoms with van der Waals surface area (Å²) >= 11 is 14.9. The highest BCUT2D eigenvalue weighted by molar-refractivity contribution is 9.10. The van der Waals surface area contributed by atoms with Gasteiger partial charge in [0.15, 0.2) is 5.11 Å². The van der Waals surface area contributed by atoms with E-state index >= 15 is 0 Å². The molecular formula is C20H23BrClN3S. The van der Waals surface area contributed by atoms with Crippen LogP contribution in [0.15, 0.2) is 46.9 Å². The summed E-state index contributed by atoms with van der Waals surface area (Å²) in [6.45, 7) is 5.33. The Labute approximate surface area is 174 Å². The molecule has 0 saturated carbocycles. The Balaban J connectivity index is 1.51. The van der Waals surface area contributed by atoms with Gasteiger partial charge in [-0.3, -0.25) is 0 Å². The Kier molecular flexibility index (Phi) is 6.79. The third-order valence-electron chi connectivity index (χ3n) is 4.59. The van der Waals surface area contributed by atoms with Gasteiger partial charge in [0.05, 0.1) is 5.02 Å². The van der Waals surface area contributed by atoms with E-state index in [4.69, 9.17) is 23.8 Å². The van der Waals surface area contributed by atoms with Crippen molar-refractivity contribution in [1.82, 2.24) is 5.32 Å². The van der Waals surface area contributed by atoms with Crippen LogP contribution in [0.2, 0.25) is 5.02 Å². The summed E-state index contributed by atoms with van der Waals surface area (Å²) in [5, 5.41) is 7.63. The summed E-state index contributed by atoms with van der Waals surface area (Å²) in [4.78, 5) is 2.48. The first-order valence-electron chi connectivity index (χ1n) is 8.85. The third kappa shape index (κ3) is 5.35. The molecule has 1 aliphatic heterocycles. The molecular weight excluding hydrogens is 430 g/mol. The van der Waals surface area contributed by atoms with Crippen LogP contribution in [0, 0.1) is 5.92 Å². The van der Waals surface area contributed by atoms with Crippen LogP contribution in [0.3, 0.4) is 0 Å². The van der Waals surface area contributed by atoms with E-state index in [1.54, 1.807) is 0 Å². The van der Waals surface area contributed by atoms with E-state index in [2.05, 4.69) is 62.7 Å². The van der Waals surface area contributed by atoms with Crippen LogP contribution >= 0.6 is 39.7 Å². The molecule has 0 radical (unpaired) electrons. The fourth-order valence-corrected chi connectivity index (χ4v) is 3.80. The fraction of sp³-hybridized carbons (Fsp3) is 0.350. The molecule has 26 heavy (non-hydrogen) atoms. The molecule has 1 saturated heterocycles. The minimum atomic E-state index is 0.581. The zero-order valence-corrected chi connectivity index (χ0v) is 17.9. The summed E-state index contributed by atoms with van der Waals surface area (Å²) in [7, 11) is 0. The summed E-state index contributed by atoms with van der Waals surface area (Å²) < 4.78 is 0.867.